The van der Waals surface area contributed by atoms with Gasteiger partial charge in [-0.05, 0) is 33.6 Å². The lowest BCUT2D eigenvalue weighted by molar-refractivity contribution is -0.385. The Kier molecular flexibility index (Phi) is 5.48. The maximum absolute atomic E-state index is 10.9. The summed E-state index contributed by atoms with van der Waals surface area (Å²) in [6.45, 7) is 0.351. The van der Waals surface area contributed by atoms with Crippen LogP contribution in [0.2, 0.25) is 10.0 Å². The third-order valence-electron chi connectivity index (χ3n) is 2.72. The van der Waals surface area contributed by atoms with Gasteiger partial charge in [0, 0.05) is 17.1 Å². The zero-order valence-electron chi connectivity index (χ0n) is 10.4. The molecule has 0 aliphatic heterocycles. The van der Waals surface area contributed by atoms with Gasteiger partial charge in [0.25, 0.3) is 5.69 Å². The Morgan fingerprint density at radius 2 is 1.81 bits per heavy atom. The average Bonchev–Trinajstić information content (AvgIpc) is 2.38. The Morgan fingerprint density at radius 1 is 1.19 bits per heavy atom. The summed E-state index contributed by atoms with van der Waals surface area (Å²) < 4.78 is 1.21. The highest BCUT2D eigenvalue weighted by molar-refractivity contribution is 9.11. The fourth-order valence-corrected chi connectivity index (χ4v) is 3.63. The molecule has 0 spiro atoms. The third kappa shape index (κ3) is 3.88. The van der Waals surface area contributed by atoms with E-state index in [2.05, 4.69) is 37.2 Å². The van der Waals surface area contributed by atoms with Crippen LogP contribution in [0.25, 0.3) is 0 Å². The highest BCUT2D eigenvalue weighted by atomic mass is 79.9. The Bertz CT molecular complexity index is 688. The van der Waals surface area contributed by atoms with E-state index in [4.69, 9.17) is 23.2 Å². The van der Waals surface area contributed by atoms with E-state index in [0.29, 0.717) is 26.8 Å². The standard InChI is InChI=1S/C13H8Br2Cl2N2O2/c14-8-4-9(16)13(10(17)5-8)18-6-7-2-1-3-11(12(7)15)19(20)21/h1-5,18H,6H2. The maximum Gasteiger partial charge on any atom is 0.283 e. The van der Waals surface area contributed by atoms with Gasteiger partial charge >= 0.3 is 0 Å². The molecule has 0 amide bonds. The van der Waals surface area contributed by atoms with E-state index >= 15 is 0 Å². The van der Waals surface area contributed by atoms with Gasteiger partial charge in [-0.15, -0.1) is 0 Å². The first-order valence-electron chi connectivity index (χ1n) is 5.70. The summed E-state index contributed by atoms with van der Waals surface area (Å²) in [5.74, 6) is 0. The Labute approximate surface area is 147 Å². The highest BCUT2D eigenvalue weighted by Crippen LogP contribution is 2.35. The molecule has 4 nitrogen and oxygen atoms in total. The molecule has 2 aromatic carbocycles. The zero-order chi connectivity index (χ0) is 15.6. The molecule has 21 heavy (non-hydrogen) atoms. The zero-order valence-corrected chi connectivity index (χ0v) is 15.1. The molecule has 8 heteroatoms. The Morgan fingerprint density at radius 3 is 2.38 bits per heavy atom. The molecule has 2 rings (SSSR count). The summed E-state index contributed by atoms with van der Waals surface area (Å²) in [6.07, 6.45) is 0. The van der Waals surface area contributed by atoms with Gasteiger partial charge in [0.1, 0.15) is 4.47 Å². The second-order valence-corrected chi connectivity index (χ2v) is 6.63. The normalized spacial score (nSPS) is 10.5. The van der Waals surface area contributed by atoms with Crippen molar-refractivity contribution in [1.29, 1.82) is 0 Å². The van der Waals surface area contributed by atoms with Gasteiger partial charge in [-0.25, -0.2) is 0 Å². The minimum Gasteiger partial charge on any atom is -0.379 e. The van der Waals surface area contributed by atoms with Crippen LogP contribution >= 0.6 is 55.1 Å². The summed E-state index contributed by atoms with van der Waals surface area (Å²) in [4.78, 5) is 10.5. The van der Waals surface area contributed by atoms with Crippen molar-refractivity contribution in [2.45, 2.75) is 6.54 Å². The largest absolute Gasteiger partial charge is 0.379 e. The second kappa shape index (κ2) is 6.96. The lowest BCUT2D eigenvalue weighted by Crippen LogP contribution is -2.03. The lowest BCUT2D eigenvalue weighted by Gasteiger charge is -2.12. The molecule has 0 saturated carbocycles. The van der Waals surface area contributed by atoms with Crippen LogP contribution in [-0.2, 0) is 6.54 Å². The van der Waals surface area contributed by atoms with E-state index < -0.39 is 4.92 Å². The molecule has 1 N–H and O–H groups in total. The fraction of sp³-hybridized carbons (Fsp3) is 0.0769. The molecule has 0 aliphatic carbocycles. The quantitative estimate of drug-likeness (QED) is 0.452. The molecule has 0 radical (unpaired) electrons. The molecule has 0 aromatic heterocycles. The summed E-state index contributed by atoms with van der Waals surface area (Å²) in [5, 5.41) is 14.9. The van der Waals surface area contributed by atoms with E-state index in [1.807, 2.05) is 0 Å². The molecule has 0 unspecified atom stereocenters. The van der Waals surface area contributed by atoms with Crippen LogP contribution in [0.4, 0.5) is 11.4 Å². The lowest BCUT2D eigenvalue weighted by atomic mass is 10.2. The number of halogens is 4. The van der Waals surface area contributed by atoms with Crippen molar-refractivity contribution < 1.29 is 4.92 Å². The summed E-state index contributed by atoms with van der Waals surface area (Å²) >= 11 is 18.8. The van der Waals surface area contributed by atoms with Crippen LogP contribution in [0.15, 0.2) is 39.3 Å². The number of nitro benzene ring substituents is 1. The van der Waals surface area contributed by atoms with Crippen molar-refractivity contribution in [3.8, 4) is 0 Å². The van der Waals surface area contributed by atoms with E-state index in [0.717, 1.165) is 10.0 Å². The molecule has 110 valence electrons. The molecule has 0 heterocycles. The van der Waals surface area contributed by atoms with E-state index in [-0.39, 0.29) is 5.69 Å². The number of nitrogens with zero attached hydrogens (tertiary/aromatic N) is 1. The van der Waals surface area contributed by atoms with Crippen molar-refractivity contribution in [1.82, 2.24) is 0 Å². The van der Waals surface area contributed by atoms with Crippen molar-refractivity contribution in [3.63, 3.8) is 0 Å². The van der Waals surface area contributed by atoms with E-state index in [9.17, 15) is 10.1 Å². The van der Waals surface area contributed by atoms with Crippen LogP contribution < -0.4 is 5.32 Å². The molecule has 0 aliphatic rings. The molecule has 0 saturated heterocycles. The van der Waals surface area contributed by atoms with Crippen molar-refractivity contribution in [3.05, 3.63) is 65.0 Å². The number of nitro groups is 1. The van der Waals surface area contributed by atoms with Gasteiger partial charge in [0.05, 0.1) is 20.7 Å². The molecule has 2 aromatic rings. The van der Waals surface area contributed by atoms with Gasteiger partial charge in [0.2, 0.25) is 0 Å². The first-order chi connectivity index (χ1) is 9.90. The van der Waals surface area contributed by atoms with Gasteiger partial charge in [-0.2, -0.15) is 0 Å². The van der Waals surface area contributed by atoms with Gasteiger partial charge in [-0.1, -0.05) is 51.3 Å². The van der Waals surface area contributed by atoms with Crippen LogP contribution in [0.3, 0.4) is 0 Å². The van der Waals surface area contributed by atoms with E-state index in [1.165, 1.54) is 6.07 Å². The molecule has 0 fully saturated rings. The SMILES string of the molecule is O=[N+]([O-])c1cccc(CNc2c(Cl)cc(Br)cc2Cl)c1Br. The van der Waals surface area contributed by atoms with Gasteiger partial charge in [-0.3, -0.25) is 10.1 Å². The maximum atomic E-state index is 10.9. The first kappa shape index (κ1) is 16.5. The minimum absolute atomic E-state index is 0.0160. The van der Waals surface area contributed by atoms with Crippen molar-refractivity contribution in [2.24, 2.45) is 0 Å². The monoisotopic (exact) mass is 452 g/mol. The van der Waals surface area contributed by atoms with Gasteiger partial charge in [0.15, 0.2) is 0 Å². The number of hydrogen-bond donors (Lipinski definition) is 1. The molecule has 0 bridgehead atoms. The number of nitrogens with one attached hydrogen (secondary N) is 1. The summed E-state index contributed by atoms with van der Waals surface area (Å²) in [7, 11) is 0. The average molecular weight is 455 g/mol. The minimum atomic E-state index is -0.437. The number of anilines is 1. The van der Waals surface area contributed by atoms with Crippen LogP contribution in [0.5, 0.6) is 0 Å². The van der Waals surface area contributed by atoms with Crippen molar-refractivity contribution >= 4 is 66.4 Å². The highest BCUT2D eigenvalue weighted by Gasteiger charge is 2.15. The fourth-order valence-electron chi connectivity index (χ4n) is 1.74. The smallest absolute Gasteiger partial charge is 0.283 e. The Hall–Kier alpha value is -0.820. The van der Waals surface area contributed by atoms with Crippen LogP contribution in [-0.4, -0.2) is 4.92 Å². The third-order valence-corrected chi connectivity index (χ3v) is 4.69. The second-order valence-electron chi connectivity index (χ2n) is 4.11. The molecule has 0 atom stereocenters. The first-order valence-corrected chi connectivity index (χ1v) is 8.04. The number of rotatable bonds is 4. The molecular weight excluding hydrogens is 447 g/mol. The van der Waals surface area contributed by atoms with E-state index in [1.54, 1.807) is 24.3 Å². The predicted octanol–water partition coefficient (Wildman–Crippen LogP) is 6.04. The Balaban J connectivity index is 2.25. The molecular formula is C13H8Br2Cl2N2O2. The number of benzene rings is 2. The number of hydrogen-bond acceptors (Lipinski definition) is 3. The van der Waals surface area contributed by atoms with Crippen LogP contribution in [0.1, 0.15) is 5.56 Å². The predicted molar refractivity (Wildman–Crippen MR) is 92.3 cm³/mol. The summed E-state index contributed by atoms with van der Waals surface area (Å²) in [6, 6.07) is 8.29. The summed E-state index contributed by atoms with van der Waals surface area (Å²) in [5.41, 5.74) is 1.33. The van der Waals surface area contributed by atoms with Crippen molar-refractivity contribution in [2.75, 3.05) is 5.32 Å². The van der Waals surface area contributed by atoms with Gasteiger partial charge < -0.3 is 5.32 Å². The van der Waals surface area contributed by atoms with Crippen LogP contribution in [0, 0.1) is 10.1 Å². The topological polar surface area (TPSA) is 55.2 Å².